The molecule has 1 aromatic heterocycles. The van der Waals surface area contributed by atoms with E-state index < -0.39 is 12.7 Å². The Labute approximate surface area is 179 Å². The van der Waals surface area contributed by atoms with Gasteiger partial charge in [0.2, 0.25) is 0 Å². The first-order chi connectivity index (χ1) is 14.9. The molecule has 1 fully saturated rings. The lowest BCUT2D eigenvalue weighted by Crippen LogP contribution is -2.44. The Morgan fingerprint density at radius 3 is 2.39 bits per heavy atom. The molecule has 2 aliphatic heterocycles. The second-order valence-corrected chi connectivity index (χ2v) is 8.31. The molecule has 31 heavy (non-hydrogen) atoms. The van der Waals surface area contributed by atoms with Crippen LogP contribution in [0.2, 0.25) is 0 Å². The Bertz CT molecular complexity index is 1070. The topological polar surface area (TPSA) is 38.4 Å². The fraction of sp³-hybridized carbons (Fsp3) is 0.348. The maximum Gasteiger partial charge on any atom is 0.405 e. The van der Waals surface area contributed by atoms with E-state index in [9.17, 15) is 13.2 Å². The van der Waals surface area contributed by atoms with Gasteiger partial charge in [-0.25, -0.2) is 0 Å². The molecule has 0 spiro atoms. The van der Waals surface area contributed by atoms with Crippen LogP contribution in [0.15, 0.2) is 48.7 Å². The van der Waals surface area contributed by atoms with E-state index in [-0.39, 0.29) is 6.54 Å². The van der Waals surface area contributed by atoms with Gasteiger partial charge in [0.15, 0.2) is 0 Å². The van der Waals surface area contributed by atoms with Crippen LogP contribution in [0.4, 0.5) is 24.5 Å². The molecule has 0 atom stereocenters. The van der Waals surface area contributed by atoms with E-state index in [1.165, 1.54) is 10.6 Å². The summed E-state index contributed by atoms with van der Waals surface area (Å²) in [5, 5.41) is 6.97. The molecule has 0 aliphatic carbocycles. The average molecular weight is 427 g/mol. The van der Waals surface area contributed by atoms with Gasteiger partial charge in [-0.2, -0.15) is 18.3 Å². The van der Waals surface area contributed by atoms with E-state index in [0.717, 1.165) is 54.1 Å². The number of alkyl halides is 3. The molecule has 0 saturated carbocycles. The number of nitrogens with zero attached hydrogens (tertiary/aromatic N) is 4. The van der Waals surface area contributed by atoms with E-state index in [1.807, 2.05) is 30.3 Å². The summed E-state index contributed by atoms with van der Waals surface area (Å²) in [6, 6.07) is 14.0. The number of hydrogen-bond acceptors (Lipinski definition) is 4. The van der Waals surface area contributed by atoms with Gasteiger partial charge < -0.3 is 14.7 Å². The maximum atomic E-state index is 13.2. The van der Waals surface area contributed by atoms with E-state index in [1.54, 1.807) is 6.20 Å². The highest BCUT2D eigenvalue weighted by Crippen LogP contribution is 2.41. The largest absolute Gasteiger partial charge is 0.405 e. The predicted octanol–water partition coefficient (Wildman–Crippen LogP) is 4.38. The first-order valence-corrected chi connectivity index (χ1v) is 10.4. The van der Waals surface area contributed by atoms with Crippen molar-refractivity contribution < 1.29 is 13.2 Å². The number of H-pyrrole nitrogens is 1. The molecule has 2 aromatic carbocycles. The molecule has 5 nitrogen and oxygen atoms in total. The van der Waals surface area contributed by atoms with Crippen molar-refractivity contribution in [2.75, 3.05) is 49.6 Å². The van der Waals surface area contributed by atoms with E-state index >= 15 is 0 Å². The Morgan fingerprint density at radius 1 is 0.968 bits per heavy atom. The second kappa shape index (κ2) is 7.60. The lowest BCUT2D eigenvalue weighted by atomic mass is 9.95. The zero-order chi connectivity index (χ0) is 21.6. The standard InChI is InChI=1S/C23H24F3N5/c1-29-8-10-30(11-9-29)19-5-2-16(3-6-19)17-4-7-20-21(12-17)31(15-23(24,25)26)14-18-13-27-28-22(18)20/h2-7,12-13H,8-11,14-15H2,1H3,(H,27,28). The molecule has 162 valence electrons. The summed E-state index contributed by atoms with van der Waals surface area (Å²) in [5.74, 6) is 0. The van der Waals surface area contributed by atoms with E-state index in [4.69, 9.17) is 0 Å². The Balaban J connectivity index is 1.46. The van der Waals surface area contributed by atoms with Crippen molar-refractivity contribution in [2.24, 2.45) is 0 Å². The van der Waals surface area contributed by atoms with Gasteiger partial charge in [-0.3, -0.25) is 5.10 Å². The van der Waals surface area contributed by atoms with Gasteiger partial charge in [-0.1, -0.05) is 24.3 Å². The fourth-order valence-electron chi connectivity index (χ4n) is 4.43. The molecule has 1 saturated heterocycles. The third-order valence-electron chi connectivity index (χ3n) is 6.13. The van der Waals surface area contributed by atoms with E-state index in [0.29, 0.717) is 5.69 Å². The molecule has 0 bridgehead atoms. The van der Waals surface area contributed by atoms with Crippen LogP contribution in [0.3, 0.4) is 0 Å². The van der Waals surface area contributed by atoms with Crippen LogP contribution < -0.4 is 9.80 Å². The minimum absolute atomic E-state index is 0.185. The highest BCUT2D eigenvalue weighted by molar-refractivity contribution is 5.85. The third-order valence-corrected chi connectivity index (χ3v) is 6.13. The Morgan fingerprint density at radius 2 is 1.68 bits per heavy atom. The zero-order valence-electron chi connectivity index (χ0n) is 17.3. The van der Waals surface area contributed by atoms with Crippen LogP contribution in [0, 0.1) is 0 Å². The van der Waals surface area contributed by atoms with Crippen molar-refractivity contribution in [3.8, 4) is 22.4 Å². The van der Waals surface area contributed by atoms with Crippen molar-refractivity contribution in [1.82, 2.24) is 15.1 Å². The predicted molar refractivity (Wildman–Crippen MR) is 116 cm³/mol. The zero-order valence-corrected chi connectivity index (χ0v) is 17.3. The summed E-state index contributed by atoms with van der Waals surface area (Å²) in [6.45, 7) is 3.26. The summed E-state index contributed by atoms with van der Waals surface area (Å²) in [4.78, 5) is 6.06. The number of rotatable bonds is 3. The average Bonchev–Trinajstić information content (AvgIpc) is 3.22. The Kier molecular flexibility index (Phi) is 4.89. The van der Waals surface area contributed by atoms with Crippen molar-refractivity contribution in [2.45, 2.75) is 12.7 Å². The minimum atomic E-state index is -4.28. The van der Waals surface area contributed by atoms with Gasteiger partial charge in [-0.05, 0) is 36.4 Å². The van der Waals surface area contributed by atoms with Crippen LogP contribution in [0.25, 0.3) is 22.4 Å². The van der Waals surface area contributed by atoms with Gasteiger partial charge in [0.05, 0.1) is 11.9 Å². The summed E-state index contributed by atoms with van der Waals surface area (Å²) >= 11 is 0. The minimum Gasteiger partial charge on any atom is -0.369 e. The number of benzene rings is 2. The van der Waals surface area contributed by atoms with Gasteiger partial charge in [0, 0.05) is 55.2 Å². The number of likely N-dealkylation sites (N-methyl/N-ethyl adjacent to an activating group) is 1. The normalized spacial score (nSPS) is 16.9. The van der Waals surface area contributed by atoms with Crippen LogP contribution in [-0.4, -0.2) is 61.0 Å². The molecule has 0 unspecified atom stereocenters. The summed E-state index contributed by atoms with van der Waals surface area (Å²) in [5.41, 5.74) is 5.97. The number of hydrogen-bond donors (Lipinski definition) is 1. The molecular formula is C23H24F3N5. The van der Waals surface area contributed by atoms with Crippen LogP contribution in [0.1, 0.15) is 5.56 Å². The number of fused-ring (bicyclic) bond motifs is 3. The number of nitrogens with one attached hydrogen (secondary N) is 1. The number of piperazine rings is 1. The molecule has 8 heteroatoms. The molecule has 2 aliphatic rings. The Hall–Kier alpha value is -3.00. The fourth-order valence-corrected chi connectivity index (χ4v) is 4.43. The SMILES string of the molecule is CN1CCN(c2ccc(-c3ccc4c(c3)N(CC(F)(F)F)Cc3cn[nH]c3-4)cc2)CC1. The molecule has 0 radical (unpaired) electrons. The molecule has 5 rings (SSSR count). The van der Waals surface area contributed by atoms with Crippen molar-refractivity contribution >= 4 is 11.4 Å². The lowest BCUT2D eigenvalue weighted by molar-refractivity contribution is -0.119. The molecule has 0 amide bonds. The summed E-state index contributed by atoms with van der Waals surface area (Å²) < 4.78 is 39.7. The molecule has 3 heterocycles. The van der Waals surface area contributed by atoms with Crippen LogP contribution >= 0.6 is 0 Å². The highest BCUT2D eigenvalue weighted by Gasteiger charge is 2.34. The van der Waals surface area contributed by atoms with E-state index in [2.05, 4.69) is 39.2 Å². The quantitative estimate of drug-likeness (QED) is 0.674. The monoisotopic (exact) mass is 427 g/mol. The lowest BCUT2D eigenvalue weighted by Gasteiger charge is -2.34. The number of anilines is 2. The molecule has 1 N–H and O–H groups in total. The van der Waals surface area contributed by atoms with Crippen molar-refractivity contribution in [1.29, 1.82) is 0 Å². The smallest absolute Gasteiger partial charge is 0.369 e. The third kappa shape index (κ3) is 3.99. The highest BCUT2D eigenvalue weighted by atomic mass is 19.4. The number of aromatic nitrogens is 2. The second-order valence-electron chi connectivity index (χ2n) is 8.31. The number of aromatic amines is 1. The van der Waals surface area contributed by atoms with Crippen molar-refractivity contribution in [3.63, 3.8) is 0 Å². The van der Waals surface area contributed by atoms with Gasteiger partial charge in [0.25, 0.3) is 0 Å². The first-order valence-electron chi connectivity index (χ1n) is 10.4. The van der Waals surface area contributed by atoms with Crippen LogP contribution in [-0.2, 0) is 6.54 Å². The summed E-state index contributed by atoms with van der Waals surface area (Å²) in [7, 11) is 2.13. The van der Waals surface area contributed by atoms with Gasteiger partial charge >= 0.3 is 6.18 Å². The molecule has 3 aromatic rings. The van der Waals surface area contributed by atoms with Gasteiger partial charge in [-0.15, -0.1) is 0 Å². The van der Waals surface area contributed by atoms with Crippen molar-refractivity contribution in [3.05, 3.63) is 54.2 Å². The summed E-state index contributed by atoms with van der Waals surface area (Å²) in [6.07, 6.45) is -2.68. The maximum absolute atomic E-state index is 13.2. The van der Waals surface area contributed by atoms with Gasteiger partial charge in [0.1, 0.15) is 6.54 Å². The first kappa shape index (κ1) is 19.9. The molecular weight excluding hydrogens is 403 g/mol. The van der Waals surface area contributed by atoms with Crippen LogP contribution in [0.5, 0.6) is 0 Å². The number of halogens is 3.